The molecule has 1 aromatic carbocycles. The van der Waals surface area contributed by atoms with E-state index in [1.165, 1.54) is 0 Å². The lowest BCUT2D eigenvalue weighted by molar-refractivity contribution is -0.130. The molecule has 3 amide bonds. The third kappa shape index (κ3) is 4.08. The van der Waals surface area contributed by atoms with Crippen molar-refractivity contribution < 1.29 is 23.9 Å². The summed E-state index contributed by atoms with van der Waals surface area (Å²) in [5, 5.41) is 7.88. The maximum atomic E-state index is 12.3. The summed E-state index contributed by atoms with van der Waals surface area (Å²) in [6.45, 7) is 4.09. The van der Waals surface area contributed by atoms with Crippen LogP contribution >= 0.6 is 0 Å². The number of esters is 1. The van der Waals surface area contributed by atoms with Crippen molar-refractivity contribution in [3.05, 3.63) is 23.8 Å². The molecule has 9 nitrogen and oxygen atoms in total. The van der Waals surface area contributed by atoms with Crippen LogP contribution in [0.15, 0.2) is 18.2 Å². The molecule has 0 radical (unpaired) electrons. The van der Waals surface area contributed by atoms with Crippen LogP contribution in [0.25, 0.3) is 0 Å². The number of ether oxygens (including phenoxy) is 1. The van der Waals surface area contributed by atoms with Crippen LogP contribution < -0.4 is 20.9 Å². The largest absolute Gasteiger partial charge is 0.452 e. The summed E-state index contributed by atoms with van der Waals surface area (Å²) in [5.74, 6) is -1.64. The van der Waals surface area contributed by atoms with E-state index in [-0.39, 0.29) is 23.4 Å². The van der Waals surface area contributed by atoms with Gasteiger partial charge in [-0.3, -0.25) is 14.4 Å². The van der Waals surface area contributed by atoms with Gasteiger partial charge in [-0.1, -0.05) is 0 Å². The number of nitrogens with one attached hydrogen (secondary N) is 3. The van der Waals surface area contributed by atoms with Crippen LogP contribution in [-0.4, -0.2) is 55.5 Å². The van der Waals surface area contributed by atoms with Gasteiger partial charge in [0.25, 0.3) is 5.91 Å². The van der Waals surface area contributed by atoms with Crippen molar-refractivity contribution in [1.82, 2.24) is 10.6 Å². The smallest absolute Gasteiger partial charge is 0.338 e. The molecule has 0 unspecified atom stereocenters. The van der Waals surface area contributed by atoms with Crippen molar-refractivity contribution in [3.63, 3.8) is 0 Å². The van der Waals surface area contributed by atoms with Crippen molar-refractivity contribution in [3.8, 4) is 0 Å². The van der Waals surface area contributed by atoms with Crippen LogP contribution in [0.4, 0.5) is 11.4 Å². The fourth-order valence-corrected chi connectivity index (χ4v) is 3.45. The van der Waals surface area contributed by atoms with Crippen LogP contribution in [0.5, 0.6) is 0 Å². The minimum Gasteiger partial charge on any atom is -0.452 e. The molecule has 2 aliphatic heterocycles. The lowest BCUT2D eigenvalue weighted by atomic mass is 10.1. The second kappa shape index (κ2) is 8.28. The Hall–Kier alpha value is -3.10. The minimum absolute atomic E-state index is 0.0748. The molecular formula is C19H24N4O5. The Morgan fingerprint density at radius 2 is 2.14 bits per heavy atom. The first-order chi connectivity index (χ1) is 13.4. The van der Waals surface area contributed by atoms with Crippen LogP contribution in [-0.2, 0) is 19.1 Å². The van der Waals surface area contributed by atoms with Crippen molar-refractivity contribution in [2.45, 2.75) is 38.8 Å². The first kappa shape index (κ1) is 19.7. The Morgan fingerprint density at radius 3 is 2.89 bits per heavy atom. The minimum atomic E-state index is -0.724. The van der Waals surface area contributed by atoms with Gasteiger partial charge in [-0.2, -0.15) is 0 Å². The third-order valence-corrected chi connectivity index (χ3v) is 4.81. The van der Waals surface area contributed by atoms with E-state index in [2.05, 4.69) is 16.0 Å². The summed E-state index contributed by atoms with van der Waals surface area (Å²) < 4.78 is 5.03. The highest BCUT2D eigenvalue weighted by molar-refractivity contribution is 6.05. The number of likely N-dealkylation sites (N-methyl/N-ethyl adjacent to an activating group) is 1. The van der Waals surface area contributed by atoms with Gasteiger partial charge in [-0.15, -0.1) is 0 Å². The number of hydrogen-bond acceptors (Lipinski definition) is 6. The molecule has 9 heteroatoms. The van der Waals surface area contributed by atoms with Gasteiger partial charge in [-0.25, -0.2) is 4.79 Å². The summed E-state index contributed by atoms with van der Waals surface area (Å²) in [4.78, 5) is 50.0. The lowest BCUT2D eigenvalue weighted by Gasteiger charge is -2.33. The van der Waals surface area contributed by atoms with E-state index >= 15 is 0 Å². The zero-order chi connectivity index (χ0) is 20.3. The molecule has 3 N–H and O–H groups in total. The quantitative estimate of drug-likeness (QED) is 0.608. The predicted octanol–water partition coefficient (Wildman–Crippen LogP) is 0.405. The number of nitrogens with zero attached hydrogens (tertiary/aromatic N) is 1. The van der Waals surface area contributed by atoms with E-state index in [1.807, 2.05) is 4.90 Å². The standard InChI is InChI=1S/C19H24N4O5/c1-3-20-17(25)11(2)21-16(24)10-28-19(27)12-6-7-14-13(9-12)22-18(26)15-5-4-8-23(14)15/h6-7,9,11,15H,3-5,8,10H2,1-2H3,(H,20,25)(H,21,24)(H,22,26)/t11-,15+/m0/s1. The zero-order valence-electron chi connectivity index (χ0n) is 15.9. The van der Waals surface area contributed by atoms with Crippen molar-refractivity contribution in [2.24, 2.45) is 0 Å². The van der Waals surface area contributed by atoms with E-state index < -0.39 is 24.5 Å². The molecule has 0 saturated carbocycles. The van der Waals surface area contributed by atoms with Crippen LogP contribution in [0.1, 0.15) is 37.0 Å². The number of benzene rings is 1. The van der Waals surface area contributed by atoms with E-state index in [4.69, 9.17) is 4.74 Å². The van der Waals surface area contributed by atoms with Crippen LogP contribution in [0, 0.1) is 0 Å². The van der Waals surface area contributed by atoms with E-state index in [1.54, 1.807) is 32.0 Å². The number of carbonyl (C=O) groups is 4. The highest BCUT2D eigenvalue weighted by Gasteiger charge is 2.36. The highest BCUT2D eigenvalue weighted by atomic mass is 16.5. The van der Waals surface area contributed by atoms with E-state index in [9.17, 15) is 19.2 Å². The van der Waals surface area contributed by atoms with Gasteiger partial charge < -0.3 is 25.6 Å². The maximum Gasteiger partial charge on any atom is 0.338 e. The van der Waals surface area contributed by atoms with Crippen LogP contribution in [0.3, 0.4) is 0 Å². The molecule has 2 aliphatic rings. The predicted molar refractivity (Wildman–Crippen MR) is 102 cm³/mol. The maximum absolute atomic E-state index is 12.3. The molecule has 1 fully saturated rings. The lowest BCUT2D eigenvalue weighted by Crippen LogP contribution is -2.46. The molecule has 1 saturated heterocycles. The van der Waals surface area contributed by atoms with E-state index in [0.717, 1.165) is 25.1 Å². The number of anilines is 2. The third-order valence-electron chi connectivity index (χ3n) is 4.81. The van der Waals surface area contributed by atoms with Gasteiger partial charge in [0.05, 0.1) is 16.9 Å². The normalized spacial score (nSPS) is 18.4. The molecule has 28 heavy (non-hydrogen) atoms. The van der Waals surface area contributed by atoms with Gasteiger partial charge in [0.2, 0.25) is 11.8 Å². The fourth-order valence-electron chi connectivity index (χ4n) is 3.45. The molecule has 2 heterocycles. The second-order valence-corrected chi connectivity index (χ2v) is 6.83. The number of carbonyl (C=O) groups excluding carboxylic acids is 4. The van der Waals surface area contributed by atoms with Gasteiger partial charge in [0, 0.05) is 13.1 Å². The Bertz CT molecular complexity index is 810. The average Bonchev–Trinajstić information content (AvgIpc) is 3.16. The van der Waals surface area contributed by atoms with Gasteiger partial charge >= 0.3 is 5.97 Å². The number of amides is 3. The summed E-state index contributed by atoms with van der Waals surface area (Å²) in [7, 11) is 0. The average molecular weight is 388 g/mol. The van der Waals surface area contributed by atoms with Gasteiger partial charge in [0.15, 0.2) is 6.61 Å². The summed E-state index contributed by atoms with van der Waals surface area (Å²) in [6, 6.07) is 4.07. The number of hydrogen-bond donors (Lipinski definition) is 3. The summed E-state index contributed by atoms with van der Waals surface area (Å²) >= 11 is 0. The molecule has 3 rings (SSSR count). The molecule has 0 bridgehead atoms. The van der Waals surface area contributed by atoms with Gasteiger partial charge in [0.1, 0.15) is 12.1 Å². The van der Waals surface area contributed by atoms with Crippen molar-refractivity contribution >= 4 is 35.1 Å². The summed E-state index contributed by atoms with van der Waals surface area (Å²) in [6.07, 6.45) is 1.77. The SMILES string of the molecule is CCNC(=O)[C@H](C)NC(=O)COC(=O)c1ccc2c(c1)NC(=O)[C@H]1CCCN21. The molecule has 0 spiro atoms. The van der Waals surface area contributed by atoms with Gasteiger partial charge in [-0.05, 0) is 44.9 Å². The van der Waals surface area contributed by atoms with Crippen LogP contribution in [0.2, 0.25) is 0 Å². The number of rotatable bonds is 6. The topological polar surface area (TPSA) is 117 Å². The molecule has 1 aromatic rings. The highest BCUT2D eigenvalue weighted by Crippen LogP contribution is 2.37. The Balaban J connectivity index is 1.58. The first-order valence-corrected chi connectivity index (χ1v) is 9.36. The van der Waals surface area contributed by atoms with E-state index in [0.29, 0.717) is 12.2 Å². The molecule has 0 aromatic heterocycles. The Morgan fingerprint density at radius 1 is 1.36 bits per heavy atom. The van der Waals surface area contributed by atoms with Crippen molar-refractivity contribution in [1.29, 1.82) is 0 Å². The summed E-state index contributed by atoms with van der Waals surface area (Å²) in [5.41, 5.74) is 1.68. The Labute approximate surface area is 162 Å². The Kier molecular flexibility index (Phi) is 5.81. The molecule has 2 atom stereocenters. The second-order valence-electron chi connectivity index (χ2n) is 6.83. The monoisotopic (exact) mass is 388 g/mol. The number of fused-ring (bicyclic) bond motifs is 3. The zero-order valence-corrected chi connectivity index (χ0v) is 15.9. The van der Waals surface area contributed by atoms with Crippen molar-refractivity contribution in [2.75, 3.05) is 29.9 Å². The molecule has 0 aliphatic carbocycles. The molecule has 150 valence electrons. The first-order valence-electron chi connectivity index (χ1n) is 9.36. The molecular weight excluding hydrogens is 364 g/mol. The fraction of sp³-hybridized carbons (Fsp3) is 0.474.